The maximum Gasteiger partial charge on any atom is 0.240 e. The number of amides is 2. The molecule has 7 nitrogen and oxygen atoms in total. The molecule has 0 spiro atoms. The number of aryl methyl sites for hydroxylation is 1. The Hall–Kier alpha value is -3.66. The number of ether oxygens (including phenoxy) is 1. The highest BCUT2D eigenvalue weighted by atomic mass is 35.5. The molecule has 0 aliphatic carbocycles. The van der Waals surface area contributed by atoms with Crippen LogP contribution in [0.5, 0.6) is 0 Å². The van der Waals surface area contributed by atoms with Crippen LogP contribution in [-0.2, 0) is 14.3 Å². The lowest BCUT2D eigenvalue weighted by molar-refractivity contribution is -0.123. The van der Waals surface area contributed by atoms with Crippen LogP contribution < -0.4 is 10.2 Å². The first-order valence-corrected chi connectivity index (χ1v) is 15.3. The second kappa shape index (κ2) is 12.3. The topological polar surface area (TPSA) is 76.5 Å². The van der Waals surface area contributed by atoms with Crippen molar-refractivity contribution in [1.82, 2.24) is 15.1 Å². The van der Waals surface area contributed by atoms with Crippen LogP contribution in [0, 0.1) is 12.7 Å². The lowest BCUT2D eigenvalue weighted by Gasteiger charge is -2.23. The van der Waals surface area contributed by atoms with Gasteiger partial charge in [0.25, 0.3) is 0 Å². The predicted octanol–water partition coefficient (Wildman–Crippen LogP) is 6.10. The van der Waals surface area contributed by atoms with Crippen LogP contribution >= 0.6 is 23.4 Å². The van der Waals surface area contributed by atoms with E-state index in [-0.39, 0.29) is 41.3 Å². The van der Waals surface area contributed by atoms with Gasteiger partial charge in [0.05, 0.1) is 28.5 Å². The van der Waals surface area contributed by atoms with Gasteiger partial charge in [-0.2, -0.15) is 5.10 Å². The molecule has 3 aromatic carbocycles. The Morgan fingerprint density at radius 3 is 2.52 bits per heavy atom. The van der Waals surface area contributed by atoms with Crippen LogP contribution in [0.25, 0.3) is 16.9 Å². The summed E-state index contributed by atoms with van der Waals surface area (Å²) in [6, 6.07) is 21.5. The maximum atomic E-state index is 14.0. The molecule has 0 unspecified atom stereocenters. The molecule has 2 amide bonds. The second-order valence-electron chi connectivity index (χ2n) is 10.5. The van der Waals surface area contributed by atoms with E-state index >= 15 is 0 Å². The highest BCUT2D eigenvalue weighted by molar-refractivity contribution is 8.00. The summed E-state index contributed by atoms with van der Waals surface area (Å²) in [7, 11) is 0. The average Bonchev–Trinajstić information content (AvgIpc) is 3.62. The summed E-state index contributed by atoms with van der Waals surface area (Å²) in [5.41, 5.74) is 4.90. The summed E-state index contributed by atoms with van der Waals surface area (Å²) in [4.78, 5) is 28.6. The minimum atomic E-state index is -0.352. The first kappa shape index (κ1) is 28.5. The fourth-order valence-corrected chi connectivity index (χ4v) is 6.66. The molecule has 6 rings (SSSR count). The molecule has 10 heteroatoms. The molecule has 1 aromatic heterocycles. The number of aromatic nitrogens is 2. The first-order chi connectivity index (χ1) is 20.4. The third-order valence-corrected chi connectivity index (χ3v) is 9.02. The highest BCUT2D eigenvalue weighted by Crippen LogP contribution is 2.48. The Labute approximate surface area is 253 Å². The number of carbonyl (C=O) groups excluding carboxylic acids is 2. The Morgan fingerprint density at radius 2 is 1.83 bits per heavy atom. The van der Waals surface area contributed by atoms with Crippen molar-refractivity contribution in [2.24, 2.45) is 0 Å². The van der Waals surface area contributed by atoms with E-state index in [4.69, 9.17) is 21.4 Å². The Bertz CT molecular complexity index is 1590. The number of carbonyl (C=O) groups is 2. The SMILES string of the molecule is Cc1ccc(-n2nc(-c3ccc(Cl)cc3)c3c2N(CC(=O)NC[C@@H]2CCCO2)C(=O)CS[C@@H]3c2ccc(F)cc2)cc1. The van der Waals surface area contributed by atoms with Crippen molar-refractivity contribution in [1.29, 1.82) is 0 Å². The minimum Gasteiger partial charge on any atom is -0.376 e. The van der Waals surface area contributed by atoms with E-state index in [2.05, 4.69) is 5.32 Å². The van der Waals surface area contributed by atoms with E-state index in [9.17, 15) is 14.0 Å². The zero-order chi connectivity index (χ0) is 29.2. The predicted molar refractivity (Wildman–Crippen MR) is 164 cm³/mol. The van der Waals surface area contributed by atoms with Gasteiger partial charge >= 0.3 is 0 Å². The monoisotopic (exact) mass is 604 g/mol. The summed E-state index contributed by atoms with van der Waals surface area (Å²) in [5.74, 6) is -0.190. The molecule has 0 saturated carbocycles. The largest absolute Gasteiger partial charge is 0.376 e. The molecule has 1 fully saturated rings. The zero-order valence-corrected chi connectivity index (χ0v) is 24.6. The maximum absolute atomic E-state index is 14.0. The van der Waals surface area contributed by atoms with Gasteiger partial charge in [-0.1, -0.05) is 53.6 Å². The van der Waals surface area contributed by atoms with Crippen molar-refractivity contribution >= 4 is 41.0 Å². The molecule has 216 valence electrons. The molecular weight excluding hydrogens is 575 g/mol. The number of rotatable bonds is 7. The number of anilines is 1. The van der Waals surface area contributed by atoms with Crippen LogP contribution in [0.15, 0.2) is 72.8 Å². The lowest BCUT2D eigenvalue weighted by atomic mass is 9.99. The summed E-state index contributed by atoms with van der Waals surface area (Å²) in [6.07, 6.45) is 1.85. The highest BCUT2D eigenvalue weighted by Gasteiger charge is 2.37. The van der Waals surface area contributed by atoms with Gasteiger partial charge in [-0.25, -0.2) is 9.07 Å². The van der Waals surface area contributed by atoms with Crippen LogP contribution in [0.4, 0.5) is 10.2 Å². The van der Waals surface area contributed by atoms with Gasteiger partial charge in [-0.05, 0) is 61.7 Å². The summed E-state index contributed by atoms with van der Waals surface area (Å²) < 4.78 is 21.4. The van der Waals surface area contributed by atoms with E-state index in [1.165, 1.54) is 28.8 Å². The number of hydrogen-bond acceptors (Lipinski definition) is 5. The third-order valence-electron chi connectivity index (χ3n) is 7.51. The van der Waals surface area contributed by atoms with Crippen molar-refractivity contribution < 1.29 is 18.7 Å². The zero-order valence-electron chi connectivity index (χ0n) is 23.1. The average molecular weight is 605 g/mol. The van der Waals surface area contributed by atoms with Gasteiger partial charge in [-0.3, -0.25) is 14.5 Å². The summed E-state index contributed by atoms with van der Waals surface area (Å²) >= 11 is 7.67. The number of thioether (sulfide) groups is 1. The number of fused-ring (bicyclic) bond motifs is 1. The van der Waals surface area contributed by atoms with Crippen LogP contribution in [0.1, 0.15) is 34.8 Å². The molecule has 42 heavy (non-hydrogen) atoms. The van der Waals surface area contributed by atoms with Crippen LogP contribution in [-0.4, -0.2) is 53.1 Å². The van der Waals surface area contributed by atoms with Crippen molar-refractivity contribution in [2.75, 3.05) is 30.3 Å². The van der Waals surface area contributed by atoms with Crippen molar-refractivity contribution in [3.63, 3.8) is 0 Å². The molecule has 1 N–H and O–H groups in total. The molecule has 0 bridgehead atoms. The number of nitrogens with one attached hydrogen (secondary N) is 1. The number of hydrogen-bond donors (Lipinski definition) is 1. The van der Waals surface area contributed by atoms with E-state index in [0.717, 1.165) is 40.8 Å². The van der Waals surface area contributed by atoms with Crippen molar-refractivity contribution in [3.8, 4) is 16.9 Å². The molecule has 1 saturated heterocycles. The Balaban J connectivity index is 1.51. The number of benzene rings is 3. The number of nitrogens with zero attached hydrogens (tertiary/aromatic N) is 3. The summed E-state index contributed by atoms with van der Waals surface area (Å²) in [5, 5.41) is 8.26. The fourth-order valence-electron chi connectivity index (χ4n) is 5.34. The fraction of sp³-hybridized carbons (Fsp3) is 0.281. The summed E-state index contributed by atoms with van der Waals surface area (Å²) in [6.45, 7) is 2.92. The molecule has 3 heterocycles. The molecule has 2 atom stereocenters. The molecular formula is C32H30ClFN4O3S. The van der Waals surface area contributed by atoms with Gasteiger partial charge in [0.2, 0.25) is 11.8 Å². The minimum absolute atomic E-state index is 0.0163. The smallest absolute Gasteiger partial charge is 0.240 e. The third kappa shape index (κ3) is 5.95. The Morgan fingerprint density at radius 1 is 1.10 bits per heavy atom. The molecule has 2 aliphatic rings. The molecule has 4 aromatic rings. The van der Waals surface area contributed by atoms with E-state index in [1.807, 2.05) is 43.3 Å². The molecule has 0 radical (unpaired) electrons. The van der Waals surface area contributed by atoms with E-state index in [1.54, 1.807) is 28.9 Å². The van der Waals surface area contributed by atoms with Crippen LogP contribution in [0.2, 0.25) is 5.02 Å². The van der Waals surface area contributed by atoms with Gasteiger partial charge < -0.3 is 10.1 Å². The van der Waals surface area contributed by atoms with Gasteiger partial charge in [0.1, 0.15) is 18.2 Å². The van der Waals surface area contributed by atoms with E-state index < -0.39 is 0 Å². The standard InChI is InChI=1S/C32H30ClFN4O3S/c1-20-4-14-25(15-5-20)38-32-29(30(36-38)21-6-10-23(33)11-7-21)31(22-8-12-24(34)13-9-22)42-19-28(40)37(32)18-27(39)35-17-26-3-2-16-41-26/h4-15,26,31H,2-3,16-19H2,1H3,(H,35,39)/t26-,31+/m0/s1. The normalized spacial score (nSPS) is 18.5. The Kier molecular flexibility index (Phi) is 8.33. The lowest BCUT2D eigenvalue weighted by Crippen LogP contribution is -2.44. The van der Waals surface area contributed by atoms with Crippen molar-refractivity contribution in [3.05, 3.63) is 100 Å². The van der Waals surface area contributed by atoms with E-state index in [0.29, 0.717) is 29.7 Å². The van der Waals surface area contributed by atoms with Gasteiger partial charge in [0, 0.05) is 29.3 Å². The quantitative estimate of drug-likeness (QED) is 0.276. The second-order valence-corrected chi connectivity index (χ2v) is 12.0. The number of halogens is 2. The molecule has 2 aliphatic heterocycles. The van der Waals surface area contributed by atoms with Crippen molar-refractivity contribution in [2.45, 2.75) is 31.1 Å². The van der Waals surface area contributed by atoms with Gasteiger partial charge in [-0.15, -0.1) is 11.8 Å². The van der Waals surface area contributed by atoms with Gasteiger partial charge in [0.15, 0.2) is 0 Å². The first-order valence-electron chi connectivity index (χ1n) is 13.9. The van der Waals surface area contributed by atoms with Crippen LogP contribution in [0.3, 0.4) is 0 Å².